The summed E-state index contributed by atoms with van der Waals surface area (Å²) in [6.07, 6.45) is 0. The molecule has 1 nitrogen and oxygen atoms in total. The SMILES string of the molecule is Clc1cccc2cc(Br)[nH]c12. The van der Waals surface area contributed by atoms with Crippen LogP contribution in [-0.2, 0) is 0 Å². The van der Waals surface area contributed by atoms with Gasteiger partial charge in [0.2, 0.25) is 0 Å². The third-order valence-corrected chi connectivity index (χ3v) is 2.31. The van der Waals surface area contributed by atoms with Crippen LogP contribution in [0.25, 0.3) is 10.9 Å². The lowest BCUT2D eigenvalue weighted by atomic mass is 10.2. The fourth-order valence-electron chi connectivity index (χ4n) is 1.08. The Morgan fingerprint density at radius 2 is 2.18 bits per heavy atom. The van der Waals surface area contributed by atoms with Gasteiger partial charge in [-0.25, -0.2) is 0 Å². The van der Waals surface area contributed by atoms with Crippen LogP contribution in [0.3, 0.4) is 0 Å². The number of aromatic amines is 1. The molecule has 0 spiro atoms. The minimum atomic E-state index is 0.758. The van der Waals surface area contributed by atoms with E-state index in [9.17, 15) is 0 Å². The monoisotopic (exact) mass is 229 g/mol. The van der Waals surface area contributed by atoms with Gasteiger partial charge in [0.15, 0.2) is 0 Å². The number of para-hydroxylation sites is 1. The molecule has 0 unspecified atom stereocenters. The molecule has 1 N–H and O–H groups in total. The minimum absolute atomic E-state index is 0.758. The highest BCUT2D eigenvalue weighted by Crippen LogP contribution is 2.25. The van der Waals surface area contributed by atoms with Gasteiger partial charge in [-0.2, -0.15) is 0 Å². The Labute approximate surface area is 77.5 Å². The summed E-state index contributed by atoms with van der Waals surface area (Å²) in [5, 5.41) is 1.89. The van der Waals surface area contributed by atoms with Crippen molar-refractivity contribution in [1.82, 2.24) is 4.98 Å². The van der Waals surface area contributed by atoms with Gasteiger partial charge >= 0.3 is 0 Å². The molecule has 0 radical (unpaired) electrons. The van der Waals surface area contributed by atoms with Gasteiger partial charge in [-0.1, -0.05) is 23.7 Å². The predicted octanol–water partition coefficient (Wildman–Crippen LogP) is 3.58. The maximum absolute atomic E-state index is 5.92. The van der Waals surface area contributed by atoms with Crippen molar-refractivity contribution in [2.45, 2.75) is 0 Å². The quantitative estimate of drug-likeness (QED) is 0.712. The smallest absolute Gasteiger partial charge is 0.0831 e. The largest absolute Gasteiger partial charge is 0.348 e. The third-order valence-electron chi connectivity index (χ3n) is 1.57. The van der Waals surface area contributed by atoms with Crippen LogP contribution in [-0.4, -0.2) is 4.98 Å². The molecule has 56 valence electrons. The molecule has 0 bridgehead atoms. The number of aromatic nitrogens is 1. The van der Waals surface area contributed by atoms with E-state index < -0.39 is 0 Å². The molecule has 0 aliphatic heterocycles. The number of nitrogens with one attached hydrogen (secondary N) is 1. The van der Waals surface area contributed by atoms with Crippen molar-refractivity contribution in [2.24, 2.45) is 0 Å². The summed E-state index contributed by atoms with van der Waals surface area (Å²) in [7, 11) is 0. The van der Waals surface area contributed by atoms with Crippen LogP contribution < -0.4 is 0 Å². The van der Waals surface area contributed by atoms with Crippen LogP contribution in [0.1, 0.15) is 0 Å². The van der Waals surface area contributed by atoms with Gasteiger partial charge in [0, 0.05) is 5.39 Å². The molecule has 3 heteroatoms. The zero-order valence-corrected chi connectivity index (χ0v) is 7.91. The van der Waals surface area contributed by atoms with Gasteiger partial charge in [0.05, 0.1) is 15.1 Å². The van der Waals surface area contributed by atoms with E-state index in [-0.39, 0.29) is 0 Å². The van der Waals surface area contributed by atoms with Crippen molar-refractivity contribution in [3.05, 3.63) is 33.9 Å². The third kappa shape index (κ3) is 1.17. The Morgan fingerprint density at radius 3 is 2.91 bits per heavy atom. The van der Waals surface area contributed by atoms with Crippen molar-refractivity contribution in [3.8, 4) is 0 Å². The molecule has 1 aromatic heterocycles. The molecular weight excluding hydrogens is 225 g/mol. The first-order valence-corrected chi connectivity index (χ1v) is 4.37. The second-order valence-electron chi connectivity index (χ2n) is 2.32. The van der Waals surface area contributed by atoms with Crippen LogP contribution in [0, 0.1) is 0 Å². The van der Waals surface area contributed by atoms with Crippen LogP contribution >= 0.6 is 27.5 Å². The second kappa shape index (κ2) is 2.54. The fourth-order valence-corrected chi connectivity index (χ4v) is 1.76. The summed E-state index contributed by atoms with van der Waals surface area (Å²) in [4.78, 5) is 3.11. The predicted molar refractivity (Wildman–Crippen MR) is 51.0 cm³/mol. The van der Waals surface area contributed by atoms with Gasteiger partial charge in [-0.15, -0.1) is 0 Å². The number of hydrogen-bond acceptors (Lipinski definition) is 0. The highest BCUT2D eigenvalue weighted by molar-refractivity contribution is 9.10. The molecule has 1 aromatic carbocycles. The summed E-state index contributed by atoms with van der Waals surface area (Å²) in [5.41, 5.74) is 0.987. The van der Waals surface area contributed by atoms with E-state index in [2.05, 4.69) is 20.9 Å². The van der Waals surface area contributed by atoms with Crippen molar-refractivity contribution >= 4 is 38.4 Å². The molecule has 0 amide bonds. The maximum Gasteiger partial charge on any atom is 0.0831 e. The molecule has 2 rings (SSSR count). The first-order chi connectivity index (χ1) is 5.27. The molecular formula is C8H5BrClN. The van der Waals surface area contributed by atoms with Gasteiger partial charge in [0.1, 0.15) is 0 Å². The molecule has 0 saturated carbocycles. The zero-order valence-electron chi connectivity index (χ0n) is 5.57. The zero-order chi connectivity index (χ0) is 7.84. The Balaban J connectivity index is 2.90. The summed E-state index contributed by atoms with van der Waals surface area (Å²) in [6.45, 7) is 0. The fraction of sp³-hybridized carbons (Fsp3) is 0. The molecule has 0 fully saturated rings. The van der Waals surface area contributed by atoms with E-state index in [0.29, 0.717) is 0 Å². The van der Waals surface area contributed by atoms with Crippen LogP contribution in [0.5, 0.6) is 0 Å². The van der Waals surface area contributed by atoms with E-state index >= 15 is 0 Å². The number of fused-ring (bicyclic) bond motifs is 1. The highest BCUT2D eigenvalue weighted by atomic mass is 79.9. The number of hydrogen-bond donors (Lipinski definition) is 1. The van der Waals surface area contributed by atoms with Gasteiger partial charge in [-0.05, 0) is 28.1 Å². The molecule has 2 aromatic rings. The average Bonchev–Trinajstić information content (AvgIpc) is 2.31. The van der Waals surface area contributed by atoms with Gasteiger partial charge in [0.25, 0.3) is 0 Å². The Kier molecular flexibility index (Phi) is 1.66. The number of H-pyrrole nitrogens is 1. The van der Waals surface area contributed by atoms with Crippen molar-refractivity contribution in [2.75, 3.05) is 0 Å². The Bertz CT molecular complexity index is 394. The lowest BCUT2D eigenvalue weighted by Crippen LogP contribution is -1.68. The number of halogens is 2. The number of rotatable bonds is 0. The summed E-state index contributed by atoms with van der Waals surface area (Å²) < 4.78 is 0.959. The van der Waals surface area contributed by atoms with Crippen LogP contribution in [0.4, 0.5) is 0 Å². The Hall–Kier alpha value is -0.470. The minimum Gasteiger partial charge on any atom is -0.348 e. The topological polar surface area (TPSA) is 15.8 Å². The molecule has 1 heterocycles. The van der Waals surface area contributed by atoms with Gasteiger partial charge in [-0.3, -0.25) is 0 Å². The van der Waals surface area contributed by atoms with Crippen molar-refractivity contribution in [3.63, 3.8) is 0 Å². The van der Waals surface area contributed by atoms with Crippen molar-refractivity contribution in [1.29, 1.82) is 0 Å². The van der Waals surface area contributed by atoms with E-state index in [1.807, 2.05) is 24.3 Å². The lowest BCUT2D eigenvalue weighted by Gasteiger charge is -1.90. The maximum atomic E-state index is 5.92. The standard InChI is InChI=1S/C8H5BrClN/c9-7-4-5-2-1-3-6(10)8(5)11-7/h1-4,11H. The van der Waals surface area contributed by atoms with Crippen LogP contribution in [0.15, 0.2) is 28.9 Å². The summed E-state index contributed by atoms with van der Waals surface area (Å²) in [5.74, 6) is 0. The number of benzene rings is 1. The highest BCUT2D eigenvalue weighted by Gasteiger charge is 2.00. The average molecular weight is 230 g/mol. The molecule has 11 heavy (non-hydrogen) atoms. The lowest BCUT2D eigenvalue weighted by molar-refractivity contribution is 1.41. The van der Waals surface area contributed by atoms with Crippen molar-refractivity contribution < 1.29 is 0 Å². The van der Waals surface area contributed by atoms with E-state index in [0.717, 1.165) is 20.5 Å². The summed E-state index contributed by atoms with van der Waals surface area (Å²) >= 11 is 9.26. The molecule has 0 aliphatic carbocycles. The van der Waals surface area contributed by atoms with E-state index in [1.54, 1.807) is 0 Å². The molecule has 0 saturated heterocycles. The second-order valence-corrected chi connectivity index (χ2v) is 3.58. The molecule has 0 atom stereocenters. The molecule has 0 aliphatic rings. The first kappa shape index (κ1) is 7.19. The summed E-state index contributed by atoms with van der Waals surface area (Å²) in [6, 6.07) is 7.82. The normalized spacial score (nSPS) is 10.7. The Morgan fingerprint density at radius 1 is 1.36 bits per heavy atom. The first-order valence-electron chi connectivity index (χ1n) is 3.20. The van der Waals surface area contributed by atoms with E-state index in [1.165, 1.54) is 0 Å². The van der Waals surface area contributed by atoms with Gasteiger partial charge < -0.3 is 4.98 Å². The van der Waals surface area contributed by atoms with Crippen LogP contribution in [0.2, 0.25) is 5.02 Å². The van der Waals surface area contributed by atoms with E-state index in [4.69, 9.17) is 11.6 Å².